The minimum Gasteiger partial charge on any atom is -0.477 e. The highest BCUT2D eigenvalue weighted by Gasteiger charge is 2.44. The summed E-state index contributed by atoms with van der Waals surface area (Å²) in [6, 6.07) is 15.8. The van der Waals surface area contributed by atoms with Crippen LogP contribution in [0.15, 0.2) is 48.5 Å². The number of rotatable bonds is 8. The van der Waals surface area contributed by atoms with Crippen molar-refractivity contribution in [3.05, 3.63) is 59.7 Å². The second kappa shape index (κ2) is 9.99. The monoisotopic (exact) mass is 488 g/mol. The van der Waals surface area contributed by atoms with Crippen LogP contribution in [0.4, 0.5) is 13.6 Å². The molecule has 1 fully saturated rings. The first-order valence-electron chi connectivity index (χ1n) is 11.3. The molecule has 1 atom stereocenters. The van der Waals surface area contributed by atoms with E-state index in [0.29, 0.717) is 13.0 Å². The summed E-state index contributed by atoms with van der Waals surface area (Å²) >= 11 is 0. The Morgan fingerprint density at radius 3 is 2.26 bits per heavy atom. The maximum Gasteiger partial charge on any atom is 0.407 e. The molecule has 1 aliphatic heterocycles. The van der Waals surface area contributed by atoms with Crippen LogP contribution < -0.4 is 10.6 Å². The van der Waals surface area contributed by atoms with Gasteiger partial charge in [0.2, 0.25) is 5.91 Å². The van der Waals surface area contributed by atoms with Crippen LogP contribution in [-0.4, -0.2) is 61.9 Å². The first-order chi connectivity index (χ1) is 16.7. The zero-order chi connectivity index (χ0) is 25.1. The third kappa shape index (κ3) is 5.12. The van der Waals surface area contributed by atoms with Crippen molar-refractivity contribution in [2.24, 2.45) is 5.41 Å². The van der Waals surface area contributed by atoms with Crippen molar-refractivity contribution in [2.45, 2.75) is 24.7 Å². The van der Waals surface area contributed by atoms with E-state index in [1.807, 2.05) is 53.8 Å². The third-order valence-electron chi connectivity index (χ3n) is 6.50. The molecule has 10 heteroatoms. The van der Waals surface area contributed by atoms with E-state index in [4.69, 9.17) is 14.6 Å². The van der Waals surface area contributed by atoms with Crippen LogP contribution in [0.25, 0.3) is 11.1 Å². The minimum absolute atomic E-state index is 0.0837. The molecule has 2 aromatic carbocycles. The van der Waals surface area contributed by atoms with Gasteiger partial charge in [0.1, 0.15) is 6.61 Å². The number of aliphatic carboxylic acids is 1. The van der Waals surface area contributed by atoms with Crippen LogP contribution in [0.2, 0.25) is 0 Å². The lowest BCUT2D eigenvalue weighted by atomic mass is 9.81. The maximum atomic E-state index is 13.4. The minimum atomic E-state index is -4.10. The molecule has 1 aliphatic carbocycles. The van der Waals surface area contributed by atoms with Crippen LogP contribution >= 0.6 is 0 Å². The van der Waals surface area contributed by atoms with Gasteiger partial charge in [-0.25, -0.2) is 9.59 Å². The average Bonchev–Trinajstić information content (AvgIpc) is 3.19. The van der Waals surface area contributed by atoms with Gasteiger partial charge < -0.3 is 25.2 Å². The first-order valence-corrected chi connectivity index (χ1v) is 11.3. The summed E-state index contributed by atoms with van der Waals surface area (Å²) in [4.78, 5) is 35.9. The molecule has 35 heavy (non-hydrogen) atoms. The van der Waals surface area contributed by atoms with Crippen LogP contribution in [0.1, 0.15) is 29.9 Å². The molecular weight excluding hydrogens is 462 g/mol. The molecule has 2 aliphatic rings. The number of ether oxygens (including phenoxy) is 2. The molecule has 3 N–H and O–H groups in total. The van der Waals surface area contributed by atoms with Crippen LogP contribution in [0.3, 0.4) is 0 Å². The van der Waals surface area contributed by atoms with E-state index in [9.17, 15) is 23.2 Å². The van der Waals surface area contributed by atoms with E-state index in [-0.39, 0.29) is 32.1 Å². The molecule has 2 aromatic rings. The Hall–Kier alpha value is -3.53. The Labute approximate surface area is 200 Å². The number of carbonyl (C=O) groups is 3. The lowest BCUT2D eigenvalue weighted by molar-refractivity contribution is -0.165. The standard InChI is InChI=1S/C25H26F2N2O6/c26-25(27,22(31)32)14-28-21(30)24(10-5-11-34-15-24)13-29-23(33)35-12-20-18-8-3-1-6-16(18)17-7-2-4-9-19(17)20/h1-4,6-9,20H,5,10-15H2,(H,28,30)(H,29,33)(H,31,32). The van der Waals surface area contributed by atoms with E-state index >= 15 is 0 Å². The lowest BCUT2D eigenvalue weighted by Crippen LogP contribution is -2.55. The zero-order valence-electron chi connectivity index (χ0n) is 18.9. The Balaban J connectivity index is 1.37. The fourth-order valence-electron chi connectivity index (χ4n) is 4.60. The third-order valence-corrected chi connectivity index (χ3v) is 6.50. The smallest absolute Gasteiger partial charge is 0.407 e. The Kier molecular flexibility index (Phi) is 7.02. The predicted octanol–water partition coefficient (Wildman–Crippen LogP) is 3.16. The number of carboxylic acid groups (broad SMARTS) is 1. The highest BCUT2D eigenvalue weighted by Crippen LogP contribution is 2.44. The number of fused-ring (bicyclic) bond motifs is 3. The summed E-state index contributed by atoms with van der Waals surface area (Å²) in [5.74, 6) is -7.38. The molecule has 8 nitrogen and oxygen atoms in total. The number of nitrogens with one attached hydrogen (secondary N) is 2. The second-order valence-corrected chi connectivity index (χ2v) is 8.81. The van der Waals surface area contributed by atoms with Gasteiger partial charge in [-0.05, 0) is 35.1 Å². The molecule has 0 radical (unpaired) electrons. The van der Waals surface area contributed by atoms with Crippen molar-refractivity contribution in [1.82, 2.24) is 10.6 Å². The number of halogens is 2. The summed E-state index contributed by atoms with van der Waals surface area (Å²) < 4.78 is 37.7. The van der Waals surface area contributed by atoms with Gasteiger partial charge >= 0.3 is 18.0 Å². The Morgan fingerprint density at radius 1 is 1.06 bits per heavy atom. The van der Waals surface area contributed by atoms with E-state index in [2.05, 4.69) is 5.32 Å². The highest BCUT2D eigenvalue weighted by atomic mass is 19.3. The summed E-state index contributed by atoms with van der Waals surface area (Å²) in [6.45, 7) is -1.17. The fourth-order valence-corrected chi connectivity index (χ4v) is 4.60. The number of amides is 2. The van der Waals surface area contributed by atoms with Crippen molar-refractivity contribution in [3.63, 3.8) is 0 Å². The lowest BCUT2D eigenvalue weighted by Gasteiger charge is -2.35. The summed E-state index contributed by atoms with van der Waals surface area (Å²) in [5.41, 5.74) is 2.98. The Bertz CT molecular complexity index is 1070. The van der Waals surface area contributed by atoms with Gasteiger partial charge in [0, 0.05) is 19.1 Å². The number of alkyl carbamates (subject to hydrolysis) is 1. The summed E-state index contributed by atoms with van der Waals surface area (Å²) in [7, 11) is 0. The molecule has 0 aromatic heterocycles. The molecule has 0 saturated carbocycles. The highest BCUT2D eigenvalue weighted by molar-refractivity contribution is 5.85. The van der Waals surface area contributed by atoms with E-state index in [0.717, 1.165) is 22.3 Å². The van der Waals surface area contributed by atoms with Crippen LogP contribution in [-0.2, 0) is 19.1 Å². The quantitative estimate of drug-likeness (QED) is 0.526. The van der Waals surface area contributed by atoms with E-state index in [1.54, 1.807) is 0 Å². The number of hydrogen-bond donors (Lipinski definition) is 3. The molecular formula is C25H26F2N2O6. The van der Waals surface area contributed by atoms with Gasteiger partial charge in [-0.3, -0.25) is 4.79 Å². The van der Waals surface area contributed by atoms with E-state index in [1.165, 1.54) is 0 Å². The second-order valence-electron chi connectivity index (χ2n) is 8.81. The number of alkyl halides is 2. The molecule has 0 spiro atoms. The van der Waals surface area contributed by atoms with Crippen molar-refractivity contribution in [2.75, 3.05) is 32.9 Å². The molecule has 2 amide bonds. The van der Waals surface area contributed by atoms with E-state index < -0.39 is 35.9 Å². The van der Waals surface area contributed by atoms with Crippen molar-refractivity contribution in [1.29, 1.82) is 0 Å². The average molecular weight is 488 g/mol. The van der Waals surface area contributed by atoms with Gasteiger partial charge in [0.15, 0.2) is 0 Å². The maximum absolute atomic E-state index is 13.4. The van der Waals surface area contributed by atoms with Crippen LogP contribution in [0, 0.1) is 5.41 Å². The normalized spacial score (nSPS) is 19.4. The molecule has 1 heterocycles. The number of benzene rings is 2. The molecule has 0 bridgehead atoms. The number of carboxylic acids is 1. The number of hydrogen-bond acceptors (Lipinski definition) is 5. The largest absolute Gasteiger partial charge is 0.477 e. The van der Waals surface area contributed by atoms with Gasteiger partial charge in [-0.15, -0.1) is 0 Å². The van der Waals surface area contributed by atoms with Gasteiger partial charge in [0.05, 0.1) is 18.6 Å². The van der Waals surface area contributed by atoms with Crippen molar-refractivity contribution >= 4 is 18.0 Å². The van der Waals surface area contributed by atoms with Crippen LogP contribution in [0.5, 0.6) is 0 Å². The summed E-state index contributed by atoms with van der Waals surface area (Å²) in [5, 5.41) is 13.1. The van der Waals surface area contributed by atoms with Gasteiger partial charge in [-0.2, -0.15) is 8.78 Å². The molecule has 1 unspecified atom stereocenters. The molecule has 1 saturated heterocycles. The topological polar surface area (TPSA) is 114 Å². The number of carbonyl (C=O) groups excluding carboxylic acids is 2. The van der Waals surface area contributed by atoms with Gasteiger partial charge in [0.25, 0.3) is 0 Å². The zero-order valence-corrected chi connectivity index (χ0v) is 18.9. The first kappa shape index (κ1) is 24.6. The molecule has 4 rings (SSSR count). The summed E-state index contributed by atoms with van der Waals surface area (Å²) in [6.07, 6.45) is 0.0106. The molecule has 186 valence electrons. The SMILES string of the molecule is O=C(NCC1(C(=O)NCC(F)(F)C(=O)O)CCCOC1)OCC1c2ccccc2-c2ccccc21. The fraction of sp³-hybridized carbons (Fsp3) is 0.400. The van der Waals surface area contributed by atoms with Crippen molar-refractivity contribution in [3.8, 4) is 11.1 Å². The Morgan fingerprint density at radius 2 is 1.69 bits per heavy atom. The predicted molar refractivity (Wildman–Crippen MR) is 121 cm³/mol. The van der Waals surface area contributed by atoms with Gasteiger partial charge in [-0.1, -0.05) is 48.5 Å². The van der Waals surface area contributed by atoms with Crippen molar-refractivity contribution < 1.29 is 37.7 Å².